The van der Waals surface area contributed by atoms with E-state index in [9.17, 15) is 4.79 Å². The number of hydrogen-bond donors (Lipinski definition) is 1. The fraction of sp³-hybridized carbons (Fsp3) is 0.158. The van der Waals surface area contributed by atoms with E-state index in [0.717, 1.165) is 16.5 Å². The molecule has 0 radical (unpaired) electrons. The van der Waals surface area contributed by atoms with Crippen LogP contribution in [0.4, 0.5) is 5.69 Å². The molecule has 0 bridgehead atoms. The zero-order valence-corrected chi connectivity index (χ0v) is 13.4. The van der Waals surface area contributed by atoms with Crippen LogP contribution < -0.4 is 14.8 Å². The number of rotatable bonds is 6. The van der Waals surface area contributed by atoms with Crippen molar-refractivity contribution < 1.29 is 14.3 Å². The Labute approximate surface area is 140 Å². The minimum absolute atomic E-state index is 0.0917. The number of ether oxygens (including phenoxy) is 2. The highest BCUT2D eigenvalue weighted by Crippen LogP contribution is 2.26. The lowest BCUT2D eigenvalue weighted by atomic mass is 10.1. The number of fused-ring (bicyclic) bond motifs is 1. The molecule has 0 aliphatic carbocycles. The molecule has 2 aromatic carbocycles. The second-order valence-corrected chi connectivity index (χ2v) is 5.12. The van der Waals surface area contributed by atoms with Crippen LogP contribution >= 0.6 is 0 Å². The molecule has 0 saturated carbocycles. The molecule has 3 aromatic rings. The van der Waals surface area contributed by atoms with Crippen molar-refractivity contribution >= 4 is 22.4 Å². The van der Waals surface area contributed by atoms with Gasteiger partial charge in [-0.15, -0.1) is 0 Å². The maximum absolute atomic E-state index is 12.2. The summed E-state index contributed by atoms with van der Waals surface area (Å²) in [6, 6.07) is 14.9. The maximum Gasteiger partial charge on any atom is 0.262 e. The summed E-state index contributed by atoms with van der Waals surface area (Å²) in [5.74, 6) is 0.950. The van der Waals surface area contributed by atoms with Crippen molar-refractivity contribution in [3.63, 3.8) is 0 Å². The van der Waals surface area contributed by atoms with Gasteiger partial charge in [0.05, 0.1) is 6.61 Å². The van der Waals surface area contributed by atoms with Gasteiger partial charge in [0.1, 0.15) is 0 Å². The average molecular weight is 322 g/mol. The van der Waals surface area contributed by atoms with Crippen molar-refractivity contribution in [1.82, 2.24) is 4.98 Å². The zero-order valence-electron chi connectivity index (χ0n) is 13.4. The number of nitrogens with zero attached hydrogens (tertiary/aromatic N) is 1. The van der Waals surface area contributed by atoms with Crippen molar-refractivity contribution in [2.24, 2.45) is 0 Å². The Kier molecular flexibility index (Phi) is 4.91. The van der Waals surface area contributed by atoms with E-state index in [1.54, 1.807) is 18.5 Å². The largest absolute Gasteiger partial charge is 0.490 e. The third kappa shape index (κ3) is 3.63. The first-order valence-electron chi connectivity index (χ1n) is 7.75. The lowest BCUT2D eigenvalue weighted by Gasteiger charge is -2.12. The molecule has 1 N–H and O–H groups in total. The van der Waals surface area contributed by atoms with E-state index >= 15 is 0 Å². The molecule has 1 heterocycles. The predicted octanol–water partition coefficient (Wildman–Crippen LogP) is 3.65. The van der Waals surface area contributed by atoms with Gasteiger partial charge in [0.25, 0.3) is 5.91 Å². The number of nitrogens with one attached hydrogen (secondary N) is 1. The van der Waals surface area contributed by atoms with Crippen LogP contribution in [0.3, 0.4) is 0 Å². The summed E-state index contributed by atoms with van der Waals surface area (Å²) in [6.45, 7) is 2.35. The average Bonchev–Trinajstić information content (AvgIpc) is 2.62. The molecule has 0 aliphatic heterocycles. The quantitative estimate of drug-likeness (QED) is 0.752. The first kappa shape index (κ1) is 15.8. The Hall–Kier alpha value is -3.08. The molecule has 3 rings (SSSR count). The number of carbonyl (C=O) groups excluding carboxylic acids is 1. The highest BCUT2D eigenvalue weighted by atomic mass is 16.5. The van der Waals surface area contributed by atoms with Gasteiger partial charge in [-0.05, 0) is 31.2 Å². The molecule has 5 nitrogen and oxygen atoms in total. The Bertz CT molecular complexity index is 843. The molecule has 0 unspecified atom stereocenters. The summed E-state index contributed by atoms with van der Waals surface area (Å²) in [5, 5.41) is 4.78. The van der Waals surface area contributed by atoms with Crippen molar-refractivity contribution in [3.8, 4) is 11.5 Å². The van der Waals surface area contributed by atoms with Gasteiger partial charge >= 0.3 is 0 Å². The Balaban J connectivity index is 1.68. The molecular weight excluding hydrogens is 304 g/mol. The van der Waals surface area contributed by atoms with Gasteiger partial charge in [-0.2, -0.15) is 0 Å². The summed E-state index contributed by atoms with van der Waals surface area (Å²) in [4.78, 5) is 16.3. The number of anilines is 1. The number of aromatic nitrogens is 1. The summed E-state index contributed by atoms with van der Waals surface area (Å²) < 4.78 is 11.1. The third-order valence-corrected chi connectivity index (χ3v) is 3.46. The fourth-order valence-corrected chi connectivity index (χ4v) is 2.41. The van der Waals surface area contributed by atoms with Crippen LogP contribution in [0.1, 0.15) is 6.92 Å². The number of para-hydroxylation sites is 2. The smallest absolute Gasteiger partial charge is 0.262 e. The van der Waals surface area contributed by atoms with Gasteiger partial charge in [0.2, 0.25) is 0 Å². The minimum Gasteiger partial charge on any atom is -0.490 e. The van der Waals surface area contributed by atoms with Gasteiger partial charge in [-0.1, -0.05) is 24.3 Å². The Morgan fingerprint density at radius 1 is 1.04 bits per heavy atom. The van der Waals surface area contributed by atoms with E-state index < -0.39 is 0 Å². The highest BCUT2D eigenvalue weighted by molar-refractivity contribution is 6.02. The van der Waals surface area contributed by atoms with Crippen LogP contribution in [0.2, 0.25) is 0 Å². The van der Waals surface area contributed by atoms with E-state index in [1.807, 2.05) is 49.4 Å². The van der Waals surface area contributed by atoms with E-state index in [1.165, 1.54) is 0 Å². The van der Waals surface area contributed by atoms with Crippen molar-refractivity contribution in [2.75, 3.05) is 18.5 Å². The first-order valence-corrected chi connectivity index (χ1v) is 7.75. The molecular formula is C19H18N2O3. The lowest BCUT2D eigenvalue weighted by molar-refractivity contribution is -0.118. The van der Waals surface area contributed by atoms with Gasteiger partial charge in [-0.25, -0.2) is 0 Å². The molecule has 122 valence electrons. The molecule has 1 amide bonds. The van der Waals surface area contributed by atoms with E-state index in [4.69, 9.17) is 9.47 Å². The number of pyridine rings is 1. The van der Waals surface area contributed by atoms with Gasteiger partial charge in [0.15, 0.2) is 18.1 Å². The second kappa shape index (κ2) is 7.46. The monoisotopic (exact) mass is 322 g/mol. The van der Waals surface area contributed by atoms with Crippen LogP contribution in [0.25, 0.3) is 10.8 Å². The second-order valence-electron chi connectivity index (χ2n) is 5.12. The molecule has 24 heavy (non-hydrogen) atoms. The minimum atomic E-state index is -0.231. The SMILES string of the molecule is CCOc1ccccc1OCC(=O)Nc1cccc2cnccc12. The number of carbonyl (C=O) groups is 1. The standard InChI is InChI=1S/C19H18N2O3/c1-2-23-17-8-3-4-9-18(17)24-13-19(22)21-16-7-5-6-14-12-20-11-10-15(14)16/h3-12H,2,13H2,1H3,(H,21,22). The van der Waals surface area contributed by atoms with Gasteiger partial charge in [0, 0.05) is 28.9 Å². The van der Waals surface area contributed by atoms with Crippen molar-refractivity contribution in [3.05, 3.63) is 60.9 Å². The number of benzene rings is 2. The topological polar surface area (TPSA) is 60.5 Å². The normalized spacial score (nSPS) is 10.4. The van der Waals surface area contributed by atoms with Gasteiger partial charge in [-0.3, -0.25) is 9.78 Å². The Morgan fingerprint density at radius 2 is 1.83 bits per heavy atom. The van der Waals surface area contributed by atoms with Crippen LogP contribution in [0.5, 0.6) is 11.5 Å². The fourth-order valence-electron chi connectivity index (χ4n) is 2.41. The zero-order chi connectivity index (χ0) is 16.8. The van der Waals surface area contributed by atoms with Crippen LogP contribution in [-0.2, 0) is 4.79 Å². The predicted molar refractivity (Wildman–Crippen MR) is 93.5 cm³/mol. The van der Waals surface area contributed by atoms with Crippen molar-refractivity contribution in [1.29, 1.82) is 0 Å². The molecule has 0 atom stereocenters. The molecule has 0 fully saturated rings. The van der Waals surface area contributed by atoms with Crippen LogP contribution in [0.15, 0.2) is 60.9 Å². The van der Waals surface area contributed by atoms with Crippen LogP contribution in [0, 0.1) is 0 Å². The number of amides is 1. The summed E-state index contributed by atoms with van der Waals surface area (Å²) in [5.41, 5.74) is 0.738. The lowest BCUT2D eigenvalue weighted by Crippen LogP contribution is -2.20. The Morgan fingerprint density at radius 3 is 2.62 bits per heavy atom. The molecule has 0 saturated heterocycles. The first-order chi connectivity index (χ1) is 11.8. The van der Waals surface area contributed by atoms with E-state index in [2.05, 4.69) is 10.3 Å². The molecule has 5 heteroatoms. The summed E-state index contributed by atoms with van der Waals surface area (Å²) in [6.07, 6.45) is 3.46. The highest BCUT2D eigenvalue weighted by Gasteiger charge is 2.09. The molecule has 0 aliphatic rings. The van der Waals surface area contributed by atoms with Crippen LogP contribution in [-0.4, -0.2) is 24.1 Å². The number of hydrogen-bond acceptors (Lipinski definition) is 4. The van der Waals surface area contributed by atoms with E-state index in [-0.39, 0.29) is 12.5 Å². The van der Waals surface area contributed by atoms with Gasteiger partial charge < -0.3 is 14.8 Å². The summed E-state index contributed by atoms with van der Waals surface area (Å²) >= 11 is 0. The maximum atomic E-state index is 12.2. The van der Waals surface area contributed by atoms with Crippen molar-refractivity contribution in [2.45, 2.75) is 6.92 Å². The summed E-state index contributed by atoms with van der Waals surface area (Å²) in [7, 11) is 0. The molecule has 1 aromatic heterocycles. The van der Waals surface area contributed by atoms with E-state index in [0.29, 0.717) is 18.1 Å². The molecule has 0 spiro atoms. The third-order valence-electron chi connectivity index (χ3n) is 3.46.